The highest BCUT2D eigenvalue weighted by molar-refractivity contribution is 5.94. The first-order valence-electron chi connectivity index (χ1n) is 10.7. The first-order valence-corrected chi connectivity index (χ1v) is 10.7. The summed E-state index contributed by atoms with van der Waals surface area (Å²) in [5, 5.41) is 4.40. The maximum atomic E-state index is 12.7. The van der Waals surface area contributed by atoms with Crippen LogP contribution in [0.25, 0.3) is 11.0 Å². The van der Waals surface area contributed by atoms with Crippen molar-refractivity contribution < 1.29 is 9.53 Å². The van der Waals surface area contributed by atoms with Crippen molar-refractivity contribution >= 4 is 16.9 Å². The van der Waals surface area contributed by atoms with Gasteiger partial charge >= 0.3 is 0 Å². The number of nitrogens with one attached hydrogen (secondary N) is 1. The van der Waals surface area contributed by atoms with Crippen LogP contribution >= 0.6 is 0 Å². The van der Waals surface area contributed by atoms with Gasteiger partial charge in [0.25, 0.3) is 5.91 Å². The van der Waals surface area contributed by atoms with E-state index in [0.29, 0.717) is 23.3 Å². The number of fused-ring (bicyclic) bond motifs is 1. The number of hydrogen-bond donors (Lipinski definition) is 1. The van der Waals surface area contributed by atoms with Gasteiger partial charge in [-0.2, -0.15) is 0 Å². The largest absolute Gasteiger partial charge is 0.481 e. The number of amides is 1. The van der Waals surface area contributed by atoms with Crippen LogP contribution in [0.4, 0.5) is 0 Å². The molecule has 0 aliphatic heterocycles. The average molecular weight is 405 g/mol. The average Bonchev–Trinajstić information content (AvgIpc) is 2.82. The van der Waals surface area contributed by atoms with E-state index in [4.69, 9.17) is 4.74 Å². The molecule has 1 aliphatic carbocycles. The van der Waals surface area contributed by atoms with Gasteiger partial charge < -0.3 is 10.1 Å². The Kier molecular flexibility index (Phi) is 6.21. The maximum absolute atomic E-state index is 12.7. The predicted octanol–water partition coefficient (Wildman–Crippen LogP) is 4.52. The van der Waals surface area contributed by atoms with Crippen molar-refractivity contribution in [3.05, 3.63) is 60.0 Å². The number of aromatic nitrogens is 3. The van der Waals surface area contributed by atoms with Crippen LogP contribution in [0.5, 0.6) is 5.88 Å². The molecule has 1 amide bonds. The number of nitrogens with zero attached hydrogens (tertiary/aromatic N) is 3. The topological polar surface area (TPSA) is 77.0 Å². The zero-order chi connectivity index (χ0) is 20.9. The summed E-state index contributed by atoms with van der Waals surface area (Å²) in [7, 11) is 1.57. The van der Waals surface area contributed by atoms with Gasteiger partial charge in [0, 0.05) is 36.1 Å². The normalized spacial score (nSPS) is 19.9. The van der Waals surface area contributed by atoms with Crippen molar-refractivity contribution in [2.24, 2.45) is 5.92 Å². The summed E-state index contributed by atoms with van der Waals surface area (Å²) in [4.78, 5) is 25.6. The van der Waals surface area contributed by atoms with Gasteiger partial charge in [-0.15, -0.1) is 0 Å². The summed E-state index contributed by atoms with van der Waals surface area (Å²) in [6.45, 7) is 2.14. The Labute approximate surface area is 177 Å². The fourth-order valence-corrected chi connectivity index (χ4v) is 4.63. The van der Waals surface area contributed by atoms with Crippen LogP contribution in [-0.2, 0) is 0 Å². The predicted molar refractivity (Wildman–Crippen MR) is 117 cm³/mol. The van der Waals surface area contributed by atoms with E-state index in [1.165, 1.54) is 5.56 Å². The fourth-order valence-electron chi connectivity index (χ4n) is 4.63. The van der Waals surface area contributed by atoms with Gasteiger partial charge in [0.15, 0.2) is 5.65 Å². The van der Waals surface area contributed by atoms with Gasteiger partial charge in [-0.3, -0.25) is 4.79 Å². The third kappa shape index (κ3) is 4.27. The molecule has 1 atom stereocenters. The van der Waals surface area contributed by atoms with E-state index in [9.17, 15) is 4.79 Å². The number of hydrogen-bond acceptors (Lipinski definition) is 5. The third-order valence-electron chi connectivity index (χ3n) is 6.29. The molecule has 156 valence electrons. The number of ether oxygens (including phenoxy) is 1. The van der Waals surface area contributed by atoms with Crippen molar-refractivity contribution in [1.82, 2.24) is 20.3 Å². The summed E-state index contributed by atoms with van der Waals surface area (Å²) in [5.74, 6) is 1.46. The molecule has 0 radical (unpaired) electrons. The minimum atomic E-state index is -0.0645. The Hall–Kier alpha value is -3.02. The molecule has 1 unspecified atom stereocenters. The van der Waals surface area contributed by atoms with Gasteiger partial charge in [-0.1, -0.05) is 6.92 Å². The van der Waals surface area contributed by atoms with Gasteiger partial charge in [-0.05, 0) is 73.8 Å². The molecule has 3 aromatic heterocycles. The van der Waals surface area contributed by atoms with Crippen molar-refractivity contribution in [2.75, 3.05) is 7.11 Å². The third-order valence-corrected chi connectivity index (χ3v) is 6.29. The summed E-state index contributed by atoms with van der Waals surface area (Å²) >= 11 is 0. The first-order chi connectivity index (χ1) is 14.7. The lowest BCUT2D eigenvalue weighted by Crippen LogP contribution is -2.41. The second-order valence-electron chi connectivity index (χ2n) is 7.96. The molecule has 30 heavy (non-hydrogen) atoms. The Morgan fingerprint density at radius 3 is 2.60 bits per heavy atom. The number of methoxy groups -OCH3 is 1. The van der Waals surface area contributed by atoms with E-state index in [1.807, 2.05) is 12.3 Å². The van der Waals surface area contributed by atoms with Crippen LogP contribution < -0.4 is 10.1 Å². The monoisotopic (exact) mass is 404 g/mol. The SMILES string of the molecule is CCC(NC(=O)c1ccc(OC)nc1)[C@H]1CC[C@@H](c2ccnc3ncccc32)CC1. The van der Waals surface area contributed by atoms with E-state index >= 15 is 0 Å². The smallest absolute Gasteiger partial charge is 0.253 e. The van der Waals surface area contributed by atoms with Crippen LogP contribution in [-0.4, -0.2) is 34.0 Å². The van der Waals surface area contributed by atoms with Crippen LogP contribution in [0.15, 0.2) is 48.9 Å². The number of pyridine rings is 3. The van der Waals surface area contributed by atoms with Crippen molar-refractivity contribution in [3.63, 3.8) is 0 Å². The minimum Gasteiger partial charge on any atom is -0.481 e. The Morgan fingerprint density at radius 1 is 1.10 bits per heavy atom. The van der Waals surface area contributed by atoms with E-state index in [0.717, 1.165) is 43.1 Å². The van der Waals surface area contributed by atoms with Crippen LogP contribution in [0, 0.1) is 5.92 Å². The molecule has 1 N–H and O–H groups in total. The lowest BCUT2D eigenvalue weighted by Gasteiger charge is -2.34. The van der Waals surface area contributed by atoms with Crippen LogP contribution in [0.1, 0.15) is 60.9 Å². The van der Waals surface area contributed by atoms with Crippen molar-refractivity contribution in [1.29, 1.82) is 0 Å². The molecule has 0 bridgehead atoms. The maximum Gasteiger partial charge on any atom is 0.253 e. The molecule has 0 spiro atoms. The molecular weight excluding hydrogens is 376 g/mol. The van der Waals surface area contributed by atoms with Gasteiger partial charge in [0.05, 0.1) is 12.7 Å². The molecule has 4 rings (SSSR count). The first kappa shape index (κ1) is 20.3. The minimum absolute atomic E-state index is 0.0645. The highest BCUT2D eigenvalue weighted by atomic mass is 16.5. The van der Waals surface area contributed by atoms with Gasteiger partial charge in [-0.25, -0.2) is 15.0 Å². The molecule has 3 heterocycles. The van der Waals surface area contributed by atoms with E-state index < -0.39 is 0 Å². The highest BCUT2D eigenvalue weighted by Gasteiger charge is 2.29. The van der Waals surface area contributed by atoms with E-state index in [-0.39, 0.29) is 11.9 Å². The second kappa shape index (κ2) is 9.20. The summed E-state index contributed by atoms with van der Waals surface area (Å²) < 4.78 is 5.07. The summed E-state index contributed by atoms with van der Waals surface area (Å²) in [6, 6.07) is 9.90. The summed E-state index contributed by atoms with van der Waals surface area (Å²) in [6.07, 6.45) is 10.6. The Bertz CT molecular complexity index is 992. The Morgan fingerprint density at radius 2 is 1.90 bits per heavy atom. The lowest BCUT2D eigenvalue weighted by atomic mass is 9.75. The highest BCUT2D eigenvalue weighted by Crippen LogP contribution is 2.39. The standard InChI is InChI=1S/C24H28N4O2/c1-3-21(28-24(29)18-10-11-22(30-2)27-15-18)17-8-6-16(7-9-17)19-12-14-26-23-20(19)5-4-13-25-23/h4-5,10-17,21H,3,6-9H2,1-2H3,(H,28,29)/t16-,17+,21?. The van der Waals surface area contributed by atoms with Gasteiger partial charge in [0.1, 0.15) is 0 Å². The van der Waals surface area contributed by atoms with Crippen molar-refractivity contribution in [2.45, 2.75) is 51.0 Å². The zero-order valence-electron chi connectivity index (χ0n) is 17.5. The molecule has 6 nitrogen and oxygen atoms in total. The molecule has 1 saturated carbocycles. The fraction of sp³-hybridized carbons (Fsp3) is 0.417. The Balaban J connectivity index is 1.40. The summed E-state index contributed by atoms with van der Waals surface area (Å²) in [5.41, 5.74) is 2.75. The van der Waals surface area contributed by atoms with Gasteiger partial charge in [0.2, 0.25) is 5.88 Å². The molecule has 1 aliphatic rings. The molecule has 0 aromatic carbocycles. The number of carbonyl (C=O) groups excluding carboxylic acids is 1. The number of carbonyl (C=O) groups is 1. The van der Waals surface area contributed by atoms with E-state index in [2.05, 4.69) is 39.3 Å². The lowest BCUT2D eigenvalue weighted by molar-refractivity contribution is 0.0909. The zero-order valence-corrected chi connectivity index (χ0v) is 17.5. The van der Waals surface area contributed by atoms with E-state index in [1.54, 1.807) is 31.6 Å². The van der Waals surface area contributed by atoms with Crippen LogP contribution in [0.2, 0.25) is 0 Å². The number of rotatable bonds is 6. The molecule has 3 aromatic rings. The van der Waals surface area contributed by atoms with Crippen LogP contribution in [0.3, 0.4) is 0 Å². The molecule has 6 heteroatoms. The quantitative estimate of drug-likeness (QED) is 0.654. The molecular formula is C24H28N4O2. The molecule has 1 fully saturated rings. The second-order valence-corrected chi connectivity index (χ2v) is 7.96. The van der Waals surface area contributed by atoms with Crippen molar-refractivity contribution in [3.8, 4) is 5.88 Å². The molecule has 0 saturated heterocycles.